The highest BCUT2D eigenvalue weighted by Crippen LogP contribution is 2.40. The van der Waals surface area contributed by atoms with E-state index in [0.717, 1.165) is 17.0 Å². The van der Waals surface area contributed by atoms with Crippen LogP contribution in [0.5, 0.6) is 0 Å². The van der Waals surface area contributed by atoms with Gasteiger partial charge in [0.2, 0.25) is 5.91 Å². The van der Waals surface area contributed by atoms with E-state index in [2.05, 4.69) is 0 Å². The van der Waals surface area contributed by atoms with E-state index in [9.17, 15) is 27.9 Å². The Hall–Kier alpha value is -2.05. The third kappa shape index (κ3) is 3.17. The SMILES string of the molecule is CC(=O)N(C1CC1)C(C(=O)O)c1ccccc1C(F)(F)F. The van der Waals surface area contributed by atoms with Gasteiger partial charge < -0.3 is 10.0 Å². The minimum absolute atomic E-state index is 0.301. The van der Waals surface area contributed by atoms with Crippen LogP contribution in [0.25, 0.3) is 0 Å². The van der Waals surface area contributed by atoms with Crippen molar-refractivity contribution in [2.45, 2.75) is 38.0 Å². The second kappa shape index (κ2) is 5.38. The molecule has 0 bridgehead atoms. The number of carboxylic acids is 1. The first kappa shape index (κ1) is 15.3. The molecule has 1 unspecified atom stereocenters. The van der Waals surface area contributed by atoms with Gasteiger partial charge in [-0.2, -0.15) is 13.2 Å². The summed E-state index contributed by atoms with van der Waals surface area (Å²) in [6.07, 6.45) is -3.45. The number of hydrogen-bond donors (Lipinski definition) is 1. The van der Waals surface area contributed by atoms with Crippen molar-refractivity contribution in [3.05, 3.63) is 35.4 Å². The van der Waals surface area contributed by atoms with Gasteiger partial charge in [-0.3, -0.25) is 4.79 Å². The van der Waals surface area contributed by atoms with Crippen molar-refractivity contribution in [1.29, 1.82) is 0 Å². The van der Waals surface area contributed by atoms with Gasteiger partial charge >= 0.3 is 12.1 Å². The highest BCUT2D eigenvalue weighted by Gasteiger charge is 2.44. The number of nitrogens with zero attached hydrogens (tertiary/aromatic N) is 1. The zero-order chi connectivity index (χ0) is 15.8. The Morgan fingerprint density at radius 2 is 1.86 bits per heavy atom. The molecule has 0 heterocycles. The fourth-order valence-electron chi connectivity index (χ4n) is 2.40. The molecule has 1 fully saturated rings. The van der Waals surface area contributed by atoms with Gasteiger partial charge in [0.1, 0.15) is 0 Å². The number of carbonyl (C=O) groups is 2. The summed E-state index contributed by atoms with van der Waals surface area (Å²) in [7, 11) is 0. The minimum atomic E-state index is -4.67. The molecule has 1 amide bonds. The van der Waals surface area contributed by atoms with Crippen molar-refractivity contribution in [2.75, 3.05) is 0 Å². The number of alkyl halides is 3. The summed E-state index contributed by atoms with van der Waals surface area (Å²) in [5, 5.41) is 9.35. The van der Waals surface area contributed by atoms with E-state index in [1.807, 2.05) is 0 Å². The molecule has 1 aromatic carbocycles. The molecule has 1 aliphatic carbocycles. The lowest BCUT2D eigenvalue weighted by atomic mass is 9.98. The molecule has 0 saturated heterocycles. The predicted molar refractivity (Wildman–Crippen MR) is 67.4 cm³/mol. The summed E-state index contributed by atoms with van der Waals surface area (Å²) >= 11 is 0. The summed E-state index contributed by atoms with van der Waals surface area (Å²) in [4.78, 5) is 24.2. The van der Waals surface area contributed by atoms with Crippen LogP contribution in [0.1, 0.15) is 36.9 Å². The lowest BCUT2D eigenvalue weighted by molar-refractivity contribution is -0.152. The Balaban J connectivity index is 2.53. The number of aliphatic carboxylic acids is 1. The van der Waals surface area contributed by atoms with Gasteiger partial charge in [0, 0.05) is 13.0 Å². The largest absolute Gasteiger partial charge is 0.479 e. The fraction of sp³-hybridized carbons (Fsp3) is 0.429. The van der Waals surface area contributed by atoms with Crippen molar-refractivity contribution < 1.29 is 27.9 Å². The van der Waals surface area contributed by atoms with Crippen LogP contribution in [0.3, 0.4) is 0 Å². The third-order valence-electron chi connectivity index (χ3n) is 3.38. The minimum Gasteiger partial charge on any atom is -0.479 e. The molecule has 4 nitrogen and oxygen atoms in total. The Kier molecular flexibility index (Phi) is 3.93. The maximum absolute atomic E-state index is 13.1. The smallest absolute Gasteiger partial charge is 0.416 e. The van der Waals surface area contributed by atoms with Crippen molar-refractivity contribution in [2.24, 2.45) is 0 Å². The quantitative estimate of drug-likeness (QED) is 0.930. The average Bonchev–Trinajstić information content (AvgIpc) is 3.18. The van der Waals surface area contributed by atoms with Crippen LogP contribution in [-0.2, 0) is 15.8 Å². The zero-order valence-electron chi connectivity index (χ0n) is 11.2. The number of halogens is 3. The van der Waals surface area contributed by atoms with Crippen LogP contribution in [0, 0.1) is 0 Å². The summed E-state index contributed by atoms with van der Waals surface area (Å²) in [5.74, 6) is -2.00. The highest BCUT2D eigenvalue weighted by atomic mass is 19.4. The van der Waals surface area contributed by atoms with E-state index in [1.165, 1.54) is 19.1 Å². The molecular weight excluding hydrogens is 287 g/mol. The van der Waals surface area contributed by atoms with Crippen molar-refractivity contribution in [3.63, 3.8) is 0 Å². The number of rotatable bonds is 4. The lowest BCUT2D eigenvalue weighted by Crippen LogP contribution is -2.40. The molecule has 1 saturated carbocycles. The van der Waals surface area contributed by atoms with Crippen molar-refractivity contribution >= 4 is 11.9 Å². The Morgan fingerprint density at radius 3 is 2.29 bits per heavy atom. The maximum atomic E-state index is 13.1. The number of amides is 1. The summed E-state index contributed by atoms with van der Waals surface area (Å²) < 4.78 is 39.2. The Bertz CT molecular complexity index is 567. The molecule has 1 aromatic rings. The first-order valence-corrected chi connectivity index (χ1v) is 6.41. The first-order chi connectivity index (χ1) is 9.73. The molecule has 0 aliphatic heterocycles. The Morgan fingerprint density at radius 1 is 1.29 bits per heavy atom. The summed E-state index contributed by atoms with van der Waals surface area (Å²) in [6, 6.07) is 2.56. The highest BCUT2D eigenvalue weighted by molar-refractivity contribution is 5.84. The molecular formula is C14H14F3NO3. The first-order valence-electron chi connectivity index (χ1n) is 6.41. The van der Waals surface area contributed by atoms with E-state index in [1.54, 1.807) is 0 Å². The van der Waals surface area contributed by atoms with Crippen LogP contribution in [-0.4, -0.2) is 27.9 Å². The van der Waals surface area contributed by atoms with Crippen LogP contribution < -0.4 is 0 Å². The molecule has 1 aliphatic rings. The van der Waals surface area contributed by atoms with Gasteiger partial charge in [-0.05, 0) is 24.5 Å². The van der Waals surface area contributed by atoms with Gasteiger partial charge in [0.25, 0.3) is 0 Å². The maximum Gasteiger partial charge on any atom is 0.416 e. The van der Waals surface area contributed by atoms with E-state index in [4.69, 9.17) is 0 Å². The van der Waals surface area contributed by atoms with Crippen molar-refractivity contribution in [1.82, 2.24) is 4.90 Å². The van der Waals surface area contributed by atoms with E-state index in [-0.39, 0.29) is 6.04 Å². The standard InChI is InChI=1S/C14H14F3NO3/c1-8(19)18(9-6-7-9)12(13(20)21)10-4-2-3-5-11(10)14(15,16)17/h2-5,9,12H,6-7H2,1H3,(H,20,21). The van der Waals surface area contributed by atoms with E-state index in [0.29, 0.717) is 12.8 Å². The average molecular weight is 301 g/mol. The second-order valence-electron chi connectivity index (χ2n) is 4.98. The van der Waals surface area contributed by atoms with Crippen LogP contribution in [0.2, 0.25) is 0 Å². The van der Waals surface area contributed by atoms with Gasteiger partial charge in [-0.25, -0.2) is 4.79 Å². The summed E-state index contributed by atoms with van der Waals surface area (Å²) in [5.41, 5.74) is -1.43. The van der Waals surface area contributed by atoms with Gasteiger partial charge in [-0.15, -0.1) is 0 Å². The molecule has 0 radical (unpaired) electrons. The van der Waals surface area contributed by atoms with Gasteiger partial charge in [0.15, 0.2) is 6.04 Å². The Labute approximate surface area is 119 Å². The summed E-state index contributed by atoms with van der Waals surface area (Å²) in [6.45, 7) is 1.17. The molecule has 7 heteroatoms. The topological polar surface area (TPSA) is 57.6 Å². The molecule has 0 aromatic heterocycles. The van der Waals surface area contributed by atoms with E-state index >= 15 is 0 Å². The number of hydrogen-bond acceptors (Lipinski definition) is 2. The van der Waals surface area contributed by atoms with E-state index < -0.39 is 35.2 Å². The number of carbonyl (C=O) groups excluding carboxylic acids is 1. The fourth-order valence-corrected chi connectivity index (χ4v) is 2.40. The molecule has 114 valence electrons. The third-order valence-corrected chi connectivity index (χ3v) is 3.38. The molecule has 2 rings (SSSR count). The number of carboxylic acid groups (broad SMARTS) is 1. The van der Waals surface area contributed by atoms with Gasteiger partial charge in [-0.1, -0.05) is 18.2 Å². The predicted octanol–water partition coefficient (Wildman–Crippen LogP) is 2.84. The number of benzene rings is 1. The van der Waals surface area contributed by atoms with Gasteiger partial charge in [0.05, 0.1) is 5.56 Å². The normalized spacial score (nSPS) is 16.4. The molecule has 1 atom stereocenters. The lowest BCUT2D eigenvalue weighted by Gasteiger charge is -2.30. The van der Waals surface area contributed by atoms with Crippen molar-refractivity contribution in [3.8, 4) is 0 Å². The molecule has 21 heavy (non-hydrogen) atoms. The molecule has 0 spiro atoms. The zero-order valence-corrected chi connectivity index (χ0v) is 11.2. The monoisotopic (exact) mass is 301 g/mol. The molecule has 1 N–H and O–H groups in total. The van der Waals surface area contributed by atoms with Crippen LogP contribution >= 0.6 is 0 Å². The van der Waals surface area contributed by atoms with Crippen LogP contribution in [0.4, 0.5) is 13.2 Å². The second-order valence-corrected chi connectivity index (χ2v) is 4.98. The van der Waals surface area contributed by atoms with Crippen LogP contribution in [0.15, 0.2) is 24.3 Å².